The summed E-state index contributed by atoms with van der Waals surface area (Å²) in [6.45, 7) is 0.745. The van der Waals surface area contributed by atoms with Gasteiger partial charge in [0, 0.05) is 4.88 Å². The first-order valence-electron chi connectivity index (χ1n) is 4.45. The zero-order chi connectivity index (χ0) is 9.42. The zero-order valence-electron chi connectivity index (χ0n) is 7.42. The molecule has 2 rings (SSSR count). The van der Waals surface area contributed by atoms with Gasteiger partial charge in [0.15, 0.2) is 0 Å². The molecule has 1 heterocycles. The Morgan fingerprint density at radius 3 is 3.08 bits per heavy atom. The summed E-state index contributed by atoms with van der Waals surface area (Å²) in [6, 6.07) is 0. The third kappa shape index (κ3) is 1.38. The van der Waals surface area contributed by atoms with E-state index in [1.165, 1.54) is 20.9 Å². The van der Waals surface area contributed by atoms with Crippen LogP contribution in [0.4, 0.5) is 0 Å². The van der Waals surface area contributed by atoms with Crippen LogP contribution in [0.2, 0.25) is 0 Å². The fourth-order valence-corrected chi connectivity index (χ4v) is 2.89. The highest BCUT2D eigenvalue weighted by atomic mass is 32.1. The van der Waals surface area contributed by atoms with Gasteiger partial charge in [-0.25, -0.2) is 4.68 Å². The Kier molecular flexibility index (Phi) is 2.13. The molecule has 1 unspecified atom stereocenters. The van der Waals surface area contributed by atoms with E-state index in [0.29, 0.717) is 10.7 Å². The van der Waals surface area contributed by atoms with Gasteiger partial charge >= 0.3 is 0 Å². The molecular weight excluding hydrogens is 184 g/mol. The summed E-state index contributed by atoms with van der Waals surface area (Å²) in [6.07, 6.45) is 3.09. The number of nitrogens with one attached hydrogen (secondary N) is 1. The molecule has 0 aromatic carbocycles. The van der Waals surface area contributed by atoms with Gasteiger partial charge in [-0.05, 0) is 31.7 Å². The molecule has 0 aliphatic heterocycles. The average Bonchev–Trinajstić information content (AvgIpc) is 2.42. The maximum Gasteiger partial charge on any atom is 0.200 e. The predicted molar refractivity (Wildman–Crippen MR) is 52.9 cm³/mol. The summed E-state index contributed by atoms with van der Waals surface area (Å²) in [5.41, 5.74) is 6.76. The molecular formula is C8H14N4S. The van der Waals surface area contributed by atoms with Gasteiger partial charge in [-0.1, -0.05) is 0 Å². The molecule has 1 aliphatic carbocycles. The van der Waals surface area contributed by atoms with Crippen molar-refractivity contribution in [2.75, 3.05) is 12.4 Å². The summed E-state index contributed by atoms with van der Waals surface area (Å²) < 4.78 is 1.51. The number of hydrogen-bond donors (Lipinski definition) is 3. The van der Waals surface area contributed by atoms with Crippen molar-refractivity contribution in [2.45, 2.75) is 19.3 Å². The van der Waals surface area contributed by atoms with Gasteiger partial charge in [0.1, 0.15) is 0 Å². The van der Waals surface area contributed by atoms with Crippen LogP contribution in [0.1, 0.15) is 17.0 Å². The predicted octanol–water partition coefficient (Wildman–Crippen LogP) is -0.194. The van der Waals surface area contributed by atoms with Crippen LogP contribution in [-0.4, -0.2) is 11.2 Å². The van der Waals surface area contributed by atoms with Crippen molar-refractivity contribution >= 4 is 11.3 Å². The molecule has 1 aliphatic rings. The maximum absolute atomic E-state index is 7.56. The monoisotopic (exact) mass is 198 g/mol. The van der Waals surface area contributed by atoms with E-state index < -0.39 is 0 Å². The third-order valence-electron chi connectivity index (χ3n) is 2.65. The van der Waals surface area contributed by atoms with Crippen molar-refractivity contribution in [1.29, 1.82) is 5.41 Å². The van der Waals surface area contributed by atoms with Crippen molar-refractivity contribution in [2.24, 2.45) is 11.7 Å². The molecule has 0 saturated carbocycles. The number of thiazole rings is 1. The largest absolute Gasteiger partial charge is 0.337 e. The number of hydrogen-bond acceptors (Lipinski definition) is 4. The summed E-state index contributed by atoms with van der Waals surface area (Å²) in [5.74, 6) is 6.31. The number of rotatable bonds is 1. The molecule has 0 amide bonds. The molecule has 1 aromatic rings. The normalized spacial score (nSPS) is 21.5. The Morgan fingerprint density at radius 1 is 1.62 bits per heavy atom. The van der Waals surface area contributed by atoms with Crippen molar-refractivity contribution in [3.63, 3.8) is 0 Å². The molecule has 0 spiro atoms. The summed E-state index contributed by atoms with van der Waals surface area (Å²) in [4.78, 5) is 1.71. The number of fused-ring (bicyclic) bond motifs is 1. The molecule has 72 valence electrons. The Hall–Kier alpha value is -0.810. The molecule has 0 saturated heterocycles. The van der Waals surface area contributed by atoms with E-state index in [1.807, 2.05) is 0 Å². The van der Waals surface area contributed by atoms with Gasteiger partial charge in [-0.2, -0.15) is 0 Å². The van der Waals surface area contributed by atoms with Crippen LogP contribution in [-0.2, 0) is 12.8 Å². The van der Waals surface area contributed by atoms with Crippen molar-refractivity contribution < 1.29 is 0 Å². The second-order valence-corrected chi connectivity index (χ2v) is 4.58. The first kappa shape index (κ1) is 8.77. The minimum atomic E-state index is 0.447. The van der Waals surface area contributed by atoms with Gasteiger partial charge in [0.25, 0.3) is 0 Å². The van der Waals surface area contributed by atoms with Crippen molar-refractivity contribution in [3.05, 3.63) is 15.4 Å². The lowest BCUT2D eigenvalue weighted by molar-refractivity contribution is 0.464. The van der Waals surface area contributed by atoms with E-state index in [9.17, 15) is 0 Å². The van der Waals surface area contributed by atoms with Crippen LogP contribution in [0.5, 0.6) is 0 Å². The van der Waals surface area contributed by atoms with Crippen LogP contribution < -0.4 is 16.4 Å². The van der Waals surface area contributed by atoms with Crippen LogP contribution in [0.3, 0.4) is 0 Å². The fraction of sp³-hybridized carbons (Fsp3) is 0.625. The van der Waals surface area contributed by atoms with Gasteiger partial charge in [-0.3, -0.25) is 5.41 Å². The van der Waals surface area contributed by atoms with Crippen molar-refractivity contribution in [1.82, 2.24) is 4.68 Å². The first-order valence-corrected chi connectivity index (χ1v) is 5.27. The standard InChI is InChI=1S/C8H14N4S/c9-4-5-1-2-6-7(3-5)13-8(10)12(6)11/h5,10H,1-4,9,11H2. The molecule has 0 bridgehead atoms. The van der Waals surface area contributed by atoms with Gasteiger partial charge < -0.3 is 11.6 Å². The second-order valence-electron chi connectivity index (χ2n) is 3.49. The average molecular weight is 198 g/mol. The molecule has 1 aromatic heterocycles. The zero-order valence-corrected chi connectivity index (χ0v) is 8.23. The van der Waals surface area contributed by atoms with Crippen LogP contribution in [0.25, 0.3) is 0 Å². The Labute approximate surface area is 80.7 Å². The summed E-state index contributed by atoms with van der Waals surface area (Å²) in [7, 11) is 0. The SMILES string of the molecule is N=c1sc2c(n1N)CCC(CN)C2. The number of nitrogen functional groups attached to an aromatic ring is 1. The van der Waals surface area contributed by atoms with Crippen LogP contribution >= 0.6 is 11.3 Å². The van der Waals surface area contributed by atoms with E-state index in [0.717, 1.165) is 31.5 Å². The van der Waals surface area contributed by atoms with Crippen molar-refractivity contribution in [3.8, 4) is 0 Å². The highest BCUT2D eigenvalue weighted by Gasteiger charge is 2.21. The van der Waals surface area contributed by atoms with E-state index >= 15 is 0 Å². The molecule has 13 heavy (non-hydrogen) atoms. The van der Waals surface area contributed by atoms with Gasteiger partial charge in [0.2, 0.25) is 4.80 Å². The fourth-order valence-electron chi connectivity index (χ4n) is 1.81. The molecule has 0 radical (unpaired) electrons. The molecule has 5 N–H and O–H groups in total. The molecule has 0 fully saturated rings. The first-order chi connectivity index (χ1) is 6.22. The molecule has 5 heteroatoms. The summed E-state index contributed by atoms with van der Waals surface area (Å²) in [5, 5.41) is 7.56. The highest BCUT2D eigenvalue weighted by molar-refractivity contribution is 7.09. The third-order valence-corrected chi connectivity index (χ3v) is 3.69. The molecule has 1 atom stereocenters. The topological polar surface area (TPSA) is 80.8 Å². The lowest BCUT2D eigenvalue weighted by Gasteiger charge is -2.20. The van der Waals surface area contributed by atoms with E-state index in [2.05, 4.69) is 0 Å². The lowest BCUT2D eigenvalue weighted by Crippen LogP contribution is -2.27. The quantitative estimate of drug-likeness (QED) is 0.547. The second kappa shape index (κ2) is 3.16. The number of nitrogens with two attached hydrogens (primary N) is 2. The number of aromatic nitrogens is 1. The maximum atomic E-state index is 7.56. The minimum absolute atomic E-state index is 0.447. The van der Waals surface area contributed by atoms with E-state index in [4.69, 9.17) is 17.0 Å². The Bertz CT molecular complexity index is 365. The Balaban J connectivity index is 2.36. The van der Waals surface area contributed by atoms with Crippen LogP contribution in [0, 0.1) is 11.3 Å². The smallest absolute Gasteiger partial charge is 0.200 e. The van der Waals surface area contributed by atoms with E-state index in [-0.39, 0.29) is 0 Å². The van der Waals surface area contributed by atoms with Gasteiger partial charge in [-0.15, -0.1) is 11.3 Å². The minimum Gasteiger partial charge on any atom is -0.337 e. The highest BCUT2D eigenvalue weighted by Crippen LogP contribution is 2.25. The summed E-state index contributed by atoms with van der Waals surface area (Å²) >= 11 is 1.48. The molecule has 4 nitrogen and oxygen atoms in total. The van der Waals surface area contributed by atoms with Crippen LogP contribution in [0.15, 0.2) is 0 Å². The van der Waals surface area contributed by atoms with Gasteiger partial charge in [0.05, 0.1) is 5.69 Å². The number of nitrogens with zero attached hydrogens (tertiary/aromatic N) is 1. The Morgan fingerprint density at radius 2 is 2.38 bits per heavy atom. The van der Waals surface area contributed by atoms with E-state index in [1.54, 1.807) is 0 Å². The lowest BCUT2D eigenvalue weighted by atomic mass is 9.91.